The molecule has 0 bridgehead atoms. The van der Waals surface area contributed by atoms with E-state index in [1.54, 1.807) is 6.20 Å². The molecular weight excluding hydrogens is 352 g/mol. The summed E-state index contributed by atoms with van der Waals surface area (Å²) in [5, 5.41) is 14.7. The van der Waals surface area contributed by atoms with Crippen molar-refractivity contribution in [2.45, 2.75) is 38.5 Å². The molecule has 1 aromatic carbocycles. The van der Waals surface area contributed by atoms with Gasteiger partial charge in [-0.25, -0.2) is 4.98 Å². The number of nitrogens with zero attached hydrogens (tertiary/aromatic N) is 6. The van der Waals surface area contributed by atoms with Crippen molar-refractivity contribution < 1.29 is 4.74 Å². The van der Waals surface area contributed by atoms with E-state index in [2.05, 4.69) is 27.6 Å². The van der Waals surface area contributed by atoms with Crippen molar-refractivity contribution in [1.82, 2.24) is 24.3 Å². The van der Waals surface area contributed by atoms with E-state index in [0.29, 0.717) is 12.1 Å². The maximum atomic E-state index is 9.38. The summed E-state index contributed by atoms with van der Waals surface area (Å²) in [5.74, 6) is 0.953. The third-order valence-electron chi connectivity index (χ3n) is 5.40. The van der Waals surface area contributed by atoms with Crippen molar-refractivity contribution in [3.63, 3.8) is 0 Å². The Kier molecular flexibility index (Phi) is 4.06. The fourth-order valence-electron chi connectivity index (χ4n) is 4.15. The van der Waals surface area contributed by atoms with Gasteiger partial charge in [-0.15, -0.1) is 0 Å². The Bertz CT molecular complexity index is 1190. The lowest BCUT2D eigenvalue weighted by atomic mass is 10.0. The maximum Gasteiger partial charge on any atom is 0.132 e. The van der Waals surface area contributed by atoms with Gasteiger partial charge in [-0.3, -0.25) is 9.67 Å². The first kappa shape index (κ1) is 16.9. The second-order valence-corrected chi connectivity index (χ2v) is 7.30. The number of imidazole rings is 1. The molecular formula is C21H20N6O. The molecule has 3 aromatic heterocycles. The second-order valence-electron chi connectivity index (χ2n) is 7.30. The highest BCUT2D eigenvalue weighted by molar-refractivity contribution is 6.02. The lowest BCUT2D eigenvalue weighted by molar-refractivity contribution is 0.00619. The average Bonchev–Trinajstić information content (AvgIpc) is 3.35. The van der Waals surface area contributed by atoms with Crippen molar-refractivity contribution in [3.8, 4) is 6.07 Å². The fourth-order valence-corrected chi connectivity index (χ4v) is 4.15. The molecule has 28 heavy (non-hydrogen) atoms. The quantitative estimate of drug-likeness (QED) is 0.550. The van der Waals surface area contributed by atoms with Crippen LogP contribution in [0.2, 0.25) is 0 Å². The Labute approximate surface area is 162 Å². The first-order valence-electron chi connectivity index (χ1n) is 9.51. The van der Waals surface area contributed by atoms with Crippen LogP contribution in [0.4, 0.5) is 0 Å². The number of pyridine rings is 1. The molecule has 0 radical (unpaired) electrons. The number of benzene rings is 1. The first-order valence-corrected chi connectivity index (χ1v) is 9.51. The van der Waals surface area contributed by atoms with E-state index < -0.39 is 0 Å². The lowest BCUT2D eigenvalue weighted by Gasteiger charge is -2.30. The smallest absolute Gasteiger partial charge is 0.132 e. The molecule has 0 saturated carbocycles. The summed E-state index contributed by atoms with van der Waals surface area (Å²) in [5.41, 5.74) is 3.40. The Hall–Kier alpha value is -3.24. The maximum absolute atomic E-state index is 9.38. The van der Waals surface area contributed by atoms with E-state index in [1.807, 2.05) is 41.3 Å². The summed E-state index contributed by atoms with van der Waals surface area (Å²) in [7, 11) is 0. The number of hydrogen-bond donors (Lipinski definition) is 0. The molecule has 2 atom stereocenters. The van der Waals surface area contributed by atoms with Gasteiger partial charge < -0.3 is 9.30 Å². The van der Waals surface area contributed by atoms with Crippen LogP contribution in [0.5, 0.6) is 0 Å². The monoisotopic (exact) mass is 372 g/mol. The summed E-state index contributed by atoms with van der Waals surface area (Å²) < 4.78 is 10.0. The minimum Gasteiger partial charge on any atom is -0.378 e. The third kappa shape index (κ3) is 2.83. The molecule has 7 heteroatoms. The number of nitriles is 1. The zero-order valence-corrected chi connectivity index (χ0v) is 15.6. The van der Waals surface area contributed by atoms with Gasteiger partial charge in [0.1, 0.15) is 11.3 Å². The van der Waals surface area contributed by atoms with Gasteiger partial charge in [0.2, 0.25) is 0 Å². The van der Waals surface area contributed by atoms with E-state index in [1.165, 1.54) is 0 Å². The van der Waals surface area contributed by atoms with Crippen molar-refractivity contribution in [1.29, 1.82) is 5.26 Å². The van der Waals surface area contributed by atoms with E-state index in [-0.39, 0.29) is 12.1 Å². The molecule has 140 valence electrons. The second kappa shape index (κ2) is 6.73. The van der Waals surface area contributed by atoms with Crippen LogP contribution in [-0.4, -0.2) is 37.0 Å². The highest BCUT2D eigenvalue weighted by Crippen LogP contribution is 2.34. The van der Waals surface area contributed by atoms with Gasteiger partial charge in [-0.05, 0) is 44.0 Å². The normalized spacial score (nSPS) is 19.9. The SMILES string of the molecule is C[C@@H]1C[C@H](n2c(Cn3cccn3)nc3cnc4ccc(C#N)cc4c32)CCO1. The molecule has 0 unspecified atom stereocenters. The third-order valence-corrected chi connectivity index (χ3v) is 5.40. The van der Waals surface area contributed by atoms with E-state index >= 15 is 0 Å². The topological polar surface area (TPSA) is 81.5 Å². The van der Waals surface area contributed by atoms with Crippen molar-refractivity contribution >= 4 is 21.9 Å². The summed E-state index contributed by atoms with van der Waals surface area (Å²) in [6.45, 7) is 3.44. The standard InChI is InChI=1S/C21H20N6O/c1-14-9-16(5-8-28-14)27-20(13-26-7-2-6-24-26)25-19-12-23-18-4-3-15(11-22)10-17(18)21(19)27/h2-4,6-7,10,12,14,16H,5,8-9,13H2,1H3/t14-,16-/m1/s1. The van der Waals surface area contributed by atoms with E-state index in [0.717, 1.165) is 47.2 Å². The Morgan fingerprint density at radius 2 is 2.25 bits per heavy atom. The van der Waals surface area contributed by atoms with Gasteiger partial charge in [0, 0.05) is 30.4 Å². The van der Waals surface area contributed by atoms with Crippen LogP contribution < -0.4 is 0 Å². The summed E-state index contributed by atoms with van der Waals surface area (Å²) in [4.78, 5) is 9.47. The van der Waals surface area contributed by atoms with Crippen molar-refractivity contribution in [2.75, 3.05) is 6.61 Å². The molecule has 5 rings (SSSR count). The van der Waals surface area contributed by atoms with E-state index in [4.69, 9.17) is 9.72 Å². The molecule has 4 heterocycles. The van der Waals surface area contributed by atoms with Gasteiger partial charge in [0.25, 0.3) is 0 Å². The lowest BCUT2D eigenvalue weighted by Crippen LogP contribution is -2.27. The fraction of sp³-hybridized carbons (Fsp3) is 0.333. The van der Waals surface area contributed by atoms with Crippen LogP contribution in [0.1, 0.15) is 37.2 Å². The molecule has 1 aliphatic heterocycles. The number of rotatable bonds is 3. The first-order chi connectivity index (χ1) is 13.7. The number of fused-ring (bicyclic) bond motifs is 3. The minimum atomic E-state index is 0.205. The minimum absolute atomic E-state index is 0.205. The molecule has 7 nitrogen and oxygen atoms in total. The van der Waals surface area contributed by atoms with Gasteiger partial charge in [0.15, 0.2) is 0 Å². The highest BCUT2D eigenvalue weighted by atomic mass is 16.5. The zero-order chi connectivity index (χ0) is 19.1. The van der Waals surface area contributed by atoms with Crippen molar-refractivity contribution in [2.24, 2.45) is 0 Å². The number of hydrogen-bond acceptors (Lipinski definition) is 5. The summed E-state index contributed by atoms with van der Waals surface area (Å²) in [6, 6.07) is 10.1. The highest BCUT2D eigenvalue weighted by Gasteiger charge is 2.26. The van der Waals surface area contributed by atoms with Crippen LogP contribution in [-0.2, 0) is 11.3 Å². The molecule has 0 aliphatic carbocycles. The molecule has 1 saturated heterocycles. The van der Waals surface area contributed by atoms with Crippen LogP contribution in [0, 0.1) is 11.3 Å². The zero-order valence-electron chi connectivity index (χ0n) is 15.6. The van der Waals surface area contributed by atoms with Crippen LogP contribution in [0.3, 0.4) is 0 Å². The number of aromatic nitrogens is 5. The van der Waals surface area contributed by atoms with Crippen molar-refractivity contribution in [3.05, 3.63) is 54.2 Å². The predicted octanol–water partition coefficient (Wildman–Crippen LogP) is 3.44. The Balaban J connectivity index is 1.77. The largest absolute Gasteiger partial charge is 0.378 e. The predicted molar refractivity (Wildman–Crippen MR) is 105 cm³/mol. The Morgan fingerprint density at radius 1 is 1.32 bits per heavy atom. The van der Waals surface area contributed by atoms with Crippen LogP contribution in [0.15, 0.2) is 42.9 Å². The van der Waals surface area contributed by atoms with Gasteiger partial charge in [0.05, 0.1) is 41.5 Å². The van der Waals surface area contributed by atoms with Gasteiger partial charge in [-0.1, -0.05) is 0 Å². The molecule has 0 N–H and O–H groups in total. The van der Waals surface area contributed by atoms with Crippen LogP contribution in [0.25, 0.3) is 21.9 Å². The summed E-state index contributed by atoms with van der Waals surface area (Å²) in [6.07, 6.45) is 7.62. The van der Waals surface area contributed by atoms with E-state index in [9.17, 15) is 5.26 Å². The molecule has 4 aromatic rings. The van der Waals surface area contributed by atoms with Gasteiger partial charge in [-0.2, -0.15) is 10.4 Å². The molecule has 0 spiro atoms. The Morgan fingerprint density at radius 3 is 3.04 bits per heavy atom. The van der Waals surface area contributed by atoms with Crippen LogP contribution >= 0.6 is 0 Å². The summed E-state index contributed by atoms with van der Waals surface area (Å²) >= 11 is 0. The average molecular weight is 372 g/mol. The molecule has 0 amide bonds. The molecule has 1 fully saturated rings. The molecule has 1 aliphatic rings. The number of ether oxygens (including phenoxy) is 1. The van der Waals surface area contributed by atoms with Gasteiger partial charge >= 0.3 is 0 Å².